The van der Waals surface area contributed by atoms with Gasteiger partial charge in [-0.1, -0.05) is 26.8 Å². The molecule has 1 aromatic carbocycles. The molecule has 26 heavy (non-hydrogen) atoms. The van der Waals surface area contributed by atoms with Crippen LogP contribution in [0.15, 0.2) is 18.2 Å². The fourth-order valence-electron chi connectivity index (χ4n) is 3.52. The van der Waals surface area contributed by atoms with Crippen molar-refractivity contribution in [2.75, 3.05) is 30.7 Å². The van der Waals surface area contributed by atoms with Crippen molar-refractivity contribution in [2.45, 2.75) is 57.8 Å². The number of carbonyl (C=O) groups excluding carboxylic acids is 1. The van der Waals surface area contributed by atoms with E-state index in [2.05, 4.69) is 44.1 Å². The summed E-state index contributed by atoms with van der Waals surface area (Å²) in [4.78, 5) is 14.9. The van der Waals surface area contributed by atoms with Crippen LogP contribution >= 0.6 is 0 Å². The molecule has 1 aromatic rings. The zero-order valence-electron chi connectivity index (χ0n) is 16.8. The van der Waals surface area contributed by atoms with Gasteiger partial charge in [0, 0.05) is 24.5 Å². The van der Waals surface area contributed by atoms with Gasteiger partial charge in [0.2, 0.25) is 5.91 Å². The summed E-state index contributed by atoms with van der Waals surface area (Å²) >= 11 is 0. The molecule has 1 unspecified atom stereocenters. The van der Waals surface area contributed by atoms with E-state index in [4.69, 9.17) is 10.2 Å². The number of amides is 1. The Hall–Kier alpha value is -1.37. The van der Waals surface area contributed by atoms with E-state index < -0.39 is 8.32 Å². The van der Waals surface area contributed by atoms with Crippen molar-refractivity contribution in [3.05, 3.63) is 23.8 Å². The lowest BCUT2D eigenvalue weighted by Gasteiger charge is -2.37. The van der Waals surface area contributed by atoms with Crippen molar-refractivity contribution in [2.24, 2.45) is 5.92 Å². The second-order valence-corrected chi connectivity index (χ2v) is 14.2. The highest BCUT2D eigenvalue weighted by molar-refractivity contribution is 6.74. The Labute approximate surface area is 158 Å². The molecule has 1 fully saturated rings. The number of nitrogen functional groups attached to an aromatic ring is 1. The normalized spacial score (nSPS) is 24.4. The Kier molecular flexibility index (Phi) is 5.21. The zero-order valence-corrected chi connectivity index (χ0v) is 17.8. The highest BCUT2D eigenvalue weighted by Gasteiger charge is 2.39. The molecule has 2 heterocycles. The summed E-state index contributed by atoms with van der Waals surface area (Å²) in [5.41, 5.74) is 8.55. The summed E-state index contributed by atoms with van der Waals surface area (Å²) in [7, 11) is -1.71. The minimum Gasteiger partial charge on any atom is -0.416 e. The maximum Gasteiger partial charge on any atom is 0.242 e. The van der Waals surface area contributed by atoms with Crippen LogP contribution in [0.1, 0.15) is 32.8 Å². The standard InChI is InChI=1S/C20H33N3O2Si/c1-20(2,3)26(4,5)25-13-14-8-9-23(12-14)18-10-15-6-7-16(21)11-17(15)22-19(18)24/h6-7,11,14,18H,8-10,12-13,21H2,1-5H3,(H,22,24)/t14-,18?/m1/s1. The maximum absolute atomic E-state index is 12.6. The molecule has 144 valence electrons. The van der Waals surface area contributed by atoms with Gasteiger partial charge in [0.1, 0.15) is 0 Å². The van der Waals surface area contributed by atoms with E-state index in [1.165, 1.54) is 5.56 Å². The van der Waals surface area contributed by atoms with Crippen LogP contribution in [0.5, 0.6) is 0 Å². The number of likely N-dealkylation sites (tertiary alicyclic amines) is 1. The topological polar surface area (TPSA) is 67.6 Å². The predicted octanol–water partition coefficient (Wildman–Crippen LogP) is 3.48. The van der Waals surface area contributed by atoms with Gasteiger partial charge in [0.25, 0.3) is 0 Å². The van der Waals surface area contributed by atoms with Gasteiger partial charge < -0.3 is 15.5 Å². The van der Waals surface area contributed by atoms with Crippen LogP contribution in [0.4, 0.5) is 11.4 Å². The average molecular weight is 376 g/mol. The number of nitrogens with zero attached hydrogens (tertiary/aromatic N) is 1. The van der Waals surface area contributed by atoms with Crippen LogP contribution in [-0.4, -0.2) is 44.9 Å². The molecule has 5 nitrogen and oxygen atoms in total. The molecule has 1 saturated heterocycles. The van der Waals surface area contributed by atoms with E-state index in [1.807, 2.05) is 18.2 Å². The molecule has 0 bridgehead atoms. The van der Waals surface area contributed by atoms with Gasteiger partial charge in [-0.05, 0) is 61.1 Å². The average Bonchev–Trinajstić information content (AvgIpc) is 3.00. The van der Waals surface area contributed by atoms with Gasteiger partial charge in [0.15, 0.2) is 8.32 Å². The number of hydrogen-bond donors (Lipinski definition) is 2. The molecule has 0 aromatic heterocycles. The van der Waals surface area contributed by atoms with E-state index in [1.54, 1.807) is 0 Å². The smallest absolute Gasteiger partial charge is 0.242 e. The molecule has 0 saturated carbocycles. The van der Waals surface area contributed by atoms with E-state index in [0.29, 0.717) is 11.6 Å². The molecule has 1 amide bonds. The van der Waals surface area contributed by atoms with Crippen LogP contribution in [-0.2, 0) is 15.6 Å². The monoisotopic (exact) mass is 375 g/mol. The number of rotatable bonds is 4. The van der Waals surface area contributed by atoms with Crippen molar-refractivity contribution in [3.8, 4) is 0 Å². The molecule has 6 heteroatoms. The van der Waals surface area contributed by atoms with Crippen LogP contribution in [0, 0.1) is 5.92 Å². The Morgan fingerprint density at radius 3 is 2.77 bits per heavy atom. The summed E-state index contributed by atoms with van der Waals surface area (Å²) in [6.07, 6.45) is 1.87. The number of nitrogens with two attached hydrogens (primary N) is 1. The van der Waals surface area contributed by atoms with E-state index >= 15 is 0 Å². The third-order valence-corrected chi connectivity index (χ3v) is 10.9. The largest absolute Gasteiger partial charge is 0.416 e. The lowest BCUT2D eigenvalue weighted by Crippen LogP contribution is -2.47. The molecule has 0 spiro atoms. The van der Waals surface area contributed by atoms with Crippen LogP contribution in [0.3, 0.4) is 0 Å². The molecule has 2 aliphatic rings. The van der Waals surface area contributed by atoms with Crippen molar-refractivity contribution in [1.82, 2.24) is 4.90 Å². The fraction of sp³-hybridized carbons (Fsp3) is 0.650. The lowest BCUT2D eigenvalue weighted by molar-refractivity contribution is -0.121. The van der Waals surface area contributed by atoms with Gasteiger partial charge in [-0.3, -0.25) is 9.69 Å². The minimum atomic E-state index is -1.71. The summed E-state index contributed by atoms with van der Waals surface area (Å²) in [6.45, 7) is 14.2. The van der Waals surface area contributed by atoms with E-state index in [-0.39, 0.29) is 17.0 Å². The summed E-state index contributed by atoms with van der Waals surface area (Å²) in [5.74, 6) is 0.610. The number of benzene rings is 1. The highest BCUT2D eigenvalue weighted by atomic mass is 28.4. The first kappa shape index (κ1) is 19.4. The first-order valence-corrected chi connectivity index (χ1v) is 12.5. The molecule has 2 aliphatic heterocycles. The first-order valence-electron chi connectivity index (χ1n) is 9.64. The van der Waals surface area contributed by atoms with Gasteiger partial charge in [-0.2, -0.15) is 0 Å². The Balaban J connectivity index is 1.59. The zero-order chi connectivity index (χ0) is 19.1. The number of carbonyl (C=O) groups is 1. The summed E-state index contributed by atoms with van der Waals surface area (Å²) in [6, 6.07) is 5.71. The van der Waals surface area contributed by atoms with Gasteiger partial charge in [-0.25, -0.2) is 0 Å². The van der Waals surface area contributed by atoms with Crippen molar-refractivity contribution in [1.29, 1.82) is 0 Å². The van der Waals surface area contributed by atoms with Gasteiger partial charge in [0.05, 0.1) is 6.04 Å². The molecule has 3 N–H and O–H groups in total. The molecule has 2 atom stereocenters. The summed E-state index contributed by atoms with van der Waals surface area (Å²) < 4.78 is 6.41. The Bertz CT molecular complexity index is 684. The third kappa shape index (κ3) is 3.97. The van der Waals surface area contributed by atoms with E-state index in [9.17, 15) is 4.79 Å². The van der Waals surface area contributed by atoms with Crippen LogP contribution < -0.4 is 11.1 Å². The fourth-order valence-corrected chi connectivity index (χ4v) is 4.61. The van der Waals surface area contributed by atoms with Crippen molar-refractivity contribution >= 4 is 25.6 Å². The lowest BCUT2D eigenvalue weighted by atomic mass is 9.97. The number of hydrogen-bond acceptors (Lipinski definition) is 4. The van der Waals surface area contributed by atoms with Crippen molar-refractivity contribution in [3.63, 3.8) is 0 Å². The molecule has 0 radical (unpaired) electrons. The number of nitrogens with one attached hydrogen (secondary N) is 1. The quantitative estimate of drug-likeness (QED) is 0.624. The molecule has 0 aliphatic carbocycles. The molecular formula is C20H33N3O2Si. The molecule has 3 rings (SSSR count). The second kappa shape index (κ2) is 6.98. The SMILES string of the molecule is CC(C)(C)[Si](C)(C)OC[C@@H]1CCN(C2Cc3ccc(N)cc3NC2=O)C1. The van der Waals surface area contributed by atoms with Crippen molar-refractivity contribution < 1.29 is 9.22 Å². The number of fused-ring (bicyclic) bond motifs is 1. The Morgan fingerprint density at radius 2 is 2.08 bits per heavy atom. The number of anilines is 2. The van der Waals surface area contributed by atoms with Crippen LogP contribution in [0.25, 0.3) is 0 Å². The minimum absolute atomic E-state index is 0.0796. The van der Waals surface area contributed by atoms with Crippen LogP contribution in [0.2, 0.25) is 18.1 Å². The van der Waals surface area contributed by atoms with Gasteiger partial charge >= 0.3 is 0 Å². The predicted molar refractivity (Wildman–Crippen MR) is 110 cm³/mol. The maximum atomic E-state index is 12.6. The highest BCUT2D eigenvalue weighted by Crippen LogP contribution is 2.37. The third-order valence-electron chi connectivity index (χ3n) is 6.35. The van der Waals surface area contributed by atoms with Gasteiger partial charge in [-0.15, -0.1) is 0 Å². The first-order chi connectivity index (χ1) is 12.1. The van der Waals surface area contributed by atoms with E-state index in [0.717, 1.165) is 38.2 Å². The summed E-state index contributed by atoms with van der Waals surface area (Å²) in [5, 5.41) is 3.27. The Morgan fingerprint density at radius 1 is 1.35 bits per heavy atom. The second-order valence-electron chi connectivity index (χ2n) is 9.35. The molecular weight excluding hydrogens is 342 g/mol.